The molecule has 0 heterocycles. The number of sulfone groups is 1. The number of rotatable bonds is 7. The van der Waals surface area contributed by atoms with E-state index < -0.39 is 9.84 Å². The fraction of sp³-hybridized carbons (Fsp3) is 0.462. The Labute approximate surface area is 118 Å². The lowest BCUT2D eigenvalue weighted by Crippen LogP contribution is -2.15. The van der Waals surface area contributed by atoms with Gasteiger partial charge < -0.3 is 4.74 Å². The van der Waals surface area contributed by atoms with E-state index in [0.717, 1.165) is 0 Å². The van der Waals surface area contributed by atoms with Gasteiger partial charge in [-0.15, -0.1) is 11.8 Å². The molecule has 0 bridgehead atoms. The van der Waals surface area contributed by atoms with Crippen LogP contribution in [0.1, 0.15) is 13.8 Å². The molecule has 0 aliphatic rings. The maximum Gasteiger partial charge on any atom is 0.316 e. The summed E-state index contributed by atoms with van der Waals surface area (Å²) in [4.78, 5) is 11.6. The SMILES string of the molecule is CC(C)OC(=O)CSCCS(=O)(=O)c1ccccc1. The van der Waals surface area contributed by atoms with Crippen molar-refractivity contribution in [2.75, 3.05) is 17.3 Å². The third-order valence-corrected chi connectivity index (χ3v) is 5.11. The summed E-state index contributed by atoms with van der Waals surface area (Å²) in [5.41, 5.74) is 0. The highest BCUT2D eigenvalue weighted by molar-refractivity contribution is 8.01. The number of carbonyl (C=O) groups is 1. The number of thioether (sulfide) groups is 1. The van der Waals surface area contributed by atoms with Gasteiger partial charge in [0.25, 0.3) is 0 Å². The van der Waals surface area contributed by atoms with Gasteiger partial charge in [-0.1, -0.05) is 18.2 Å². The Kier molecular flexibility index (Phi) is 6.37. The van der Waals surface area contributed by atoms with Gasteiger partial charge in [-0.05, 0) is 26.0 Å². The van der Waals surface area contributed by atoms with Crippen molar-refractivity contribution in [2.24, 2.45) is 0 Å². The third-order valence-electron chi connectivity index (χ3n) is 2.19. The predicted molar refractivity (Wildman–Crippen MR) is 77.0 cm³/mol. The molecule has 106 valence electrons. The Morgan fingerprint density at radius 3 is 2.47 bits per heavy atom. The van der Waals surface area contributed by atoms with Gasteiger partial charge in [-0.25, -0.2) is 8.42 Å². The summed E-state index contributed by atoms with van der Waals surface area (Å²) in [6, 6.07) is 8.32. The van der Waals surface area contributed by atoms with E-state index in [1.54, 1.807) is 44.2 Å². The van der Waals surface area contributed by atoms with Crippen molar-refractivity contribution in [3.05, 3.63) is 30.3 Å². The maximum atomic E-state index is 11.9. The van der Waals surface area contributed by atoms with Crippen molar-refractivity contribution >= 4 is 27.6 Å². The molecule has 0 saturated carbocycles. The van der Waals surface area contributed by atoms with E-state index in [0.29, 0.717) is 10.6 Å². The Morgan fingerprint density at radius 2 is 1.89 bits per heavy atom. The molecule has 0 aliphatic heterocycles. The molecule has 1 aromatic rings. The molecular weight excluding hydrogens is 284 g/mol. The first kappa shape index (κ1) is 16.0. The summed E-state index contributed by atoms with van der Waals surface area (Å²) < 4.78 is 28.8. The van der Waals surface area contributed by atoms with Crippen LogP contribution in [0.5, 0.6) is 0 Å². The molecule has 1 rings (SSSR count). The monoisotopic (exact) mass is 302 g/mol. The van der Waals surface area contributed by atoms with E-state index in [1.165, 1.54) is 11.8 Å². The molecule has 0 aromatic heterocycles. The number of hydrogen-bond donors (Lipinski definition) is 0. The highest BCUT2D eigenvalue weighted by atomic mass is 32.2. The summed E-state index contributed by atoms with van der Waals surface area (Å²) in [7, 11) is -3.25. The second kappa shape index (κ2) is 7.55. The molecule has 0 radical (unpaired) electrons. The predicted octanol–water partition coefficient (Wildman–Crippen LogP) is 2.15. The first-order valence-corrected chi connectivity index (χ1v) is 8.77. The Bertz CT molecular complexity index is 495. The summed E-state index contributed by atoms with van der Waals surface area (Å²) in [5, 5.41) is 0. The van der Waals surface area contributed by atoms with Crippen LogP contribution in [-0.4, -0.2) is 37.7 Å². The Hall–Kier alpha value is -1.01. The van der Waals surface area contributed by atoms with Crippen LogP contribution < -0.4 is 0 Å². The molecule has 0 N–H and O–H groups in total. The number of ether oxygens (including phenoxy) is 1. The van der Waals surface area contributed by atoms with Gasteiger partial charge in [0, 0.05) is 5.75 Å². The van der Waals surface area contributed by atoms with Gasteiger partial charge in [0.15, 0.2) is 9.84 Å². The molecule has 0 fully saturated rings. The number of carbonyl (C=O) groups excluding carboxylic acids is 1. The van der Waals surface area contributed by atoms with Crippen molar-refractivity contribution in [3.8, 4) is 0 Å². The quantitative estimate of drug-likeness (QED) is 0.570. The fourth-order valence-electron chi connectivity index (χ4n) is 1.37. The maximum absolute atomic E-state index is 11.9. The van der Waals surface area contributed by atoms with E-state index in [2.05, 4.69) is 0 Å². The van der Waals surface area contributed by atoms with Crippen LogP contribution in [0, 0.1) is 0 Å². The minimum atomic E-state index is -3.25. The number of benzene rings is 1. The molecule has 0 aliphatic carbocycles. The summed E-state index contributed by atoms with van der Waals surface area (Å²) >= 11 is 1.27. The van der Waals surface area contributed by atoms with E-state index in [9.17, 15) is 13.2 Å². The molecule has 0 atom stereocenters. The zero-order valence-corrected chi connectivity index (χ0v) is 12.7. The van der Waals surface area contributed by atoms with E-state index in [1.807, 2.05) is 0 Å². The van der Waals surface area contributed by atoms with Gasteiger partial charge in [-0.2, -0.15) is 0 Å². The molecule has 1 aromatic carbocycles. The summed E-state index contributed by atoms with van der Waals surface area (Å²) in [5.74, 6) is 0.279. The van der Waals surface area contributed by atoms with E-state index in [4.69, 9.17) is 4.74 Å². The largest absolute Gasteiger partial charge is 0.462 e. The molecular formula is C13H18O4S2. The highest BCUT2D eigenvalue weighted by Gasteiger charge is 2.14. The van der Waals surface area contributed by atoms with Crippen molar-refractivity contribution in [1.29, 1.82) is 0 Å². The Morgan fingerprint density at radius 1 is 1.26 bits per heavy atom. The minimum Gasteiger partial charge on any atom is -0.462 e. The standard InChI is InChI=1S/C13H18O4S2/c1-11(2)17-13(14)10-18-8-9-19(15,16)12-6-4-3-5-7-12/h3-7,11H,8-10H2,1-2H3. The van der Waals surface area contributed by atoms with Crippen LogP contribution in [0.2, 0.25) is 0 Å². The van der Waals surface area contributed by atoms with Gasteiger partial charge in [0.2, 0.25) is 0 Å². The van der Waals surface area contributed by atoms with Crippen molar-refractivity contribution in [3.63, 3.8) is 0 Å². The van der Waals surface area contributed by atoms with Crippen LogP contribution in [0.15, 0.2) is 35.2 Å². The third kappa shape index (κ3) is 6.11. The number of hydrogen-bond acceptors (Lipinski definition) is 5. The lowest BCUT2D eigenvalue weighted by molar-refractivity contribution is -0.144. The first-order chi connectivity index (χ1) is 8.92. The fourth-order valence-corrected chi connectivity index (χ4v) is 3.90. The van der Waals surface area contributed by atoms with Crippen molar-refractivity contribution in [1.82, 2.24) is 0 Å². The lowest BCUT2D eigenvalue weighted by atomic mass is 10.4. The molecule has 0 spiro atoms. The average Bonchev–Trinajstić information content (AvgIpc) is 2.35. The van der Waals surface area contributed by atoms with Crippen LogP contribution in [0.25, 0.3) is 0 Å². The van der Waals surface area contributed by atoms with Crippen molar-refractivity contribution < 1.29 is 17.9 Å². The number of esters is 1. The lowest BCUT2D eigenvalue weighted by Gasteiger charge is -2.07. The highest BCUT2D eigenvalue weighted by Crippen LogP contribution is 2.12. The molecule has 0 unspecified atom stereocenters. The normalized spacial score (nSPS) is 11.5. The molecule has 4 nitrogen and oxygen atoms in total. The van der Waals surface area contributed by atoms with Crippen LogP contribution in [0.4, 0.5) is 0 Å². The zero-order chi connectivity index (χ0) is 14.3. The minimum absolute atomic E-state index is 0.0244. The molecule has 0 amide bonds. The molecule has 19 heavy (non-hydrogen) atoms. The van der Waals surface area contributed by atoms with Crippen molar-refractivity contribution in [2.45, 2.75) is 24.8 Å². The zero-order valence-electron chi connectivity index (χ0n) is 11.0. The van der Waals surface area contributed by atoms with Gasteiger partial charge in [0.1, 0.15) is 0 Å². The van der Waals surface area contributed by atoms with Crippen LogP contribution in [-0.2, 0) is 19.4 Å². The topological polar surface area (TPSA) is 60.4 Å². The second-order valence-electron chi connectivity index (χ2n) is 4.22. The van der Waals surface area contributed by atoms with Gasteiger partial charge >= 0.3 is 5.97 Å². The molecule has 0 saturated heterocycles. The van der Waals surface area contributed by atoms with Crippen LogP contribution in [0.3, 0.4) is 0 Å². The summed E-state index contributed by atoms with van der Waals surface area (Å²) in [6.07, 6.45) is -0.138. The van der Waals surface area contributed by atoms with E-state index >= 15 is 0 Å². The average molecular weight is 302 g/mol. The van der Waals surface area contributed by atoms with Crippen LogP contribution >= 0.6 is 11.8 Å². The first-order valence-electron chi connectivity index (χ1n) is 5.97. The molecule has 6 heteroatoms. The second-order valence-corrected chi connectivity index (χ2v) is 7.44. The van der Waals surface area contributed by atoms with Gasteiger partial charge in [0.05, 0.1) is 22.5 Å². The summed E-state index contributed by atoms with van der Waals surface area (Å²) in [6.45, 7) is 3.56. The van der Waals surface area contributed by atoms with Gasteiger partial charge in [-0.3, -0.25) is 4.79 Å². The van der Waals surface area contributed by atoms with E-state index in [-0.39, 0.29) is 23.6 Å². The smallest absolute Gasteiger partial charge is 0.316 e. The Balaban J connectivity index is 2.35.